The first-order valence-electron chi connectivity index (χ1n) is 16.8. The number of aliphatic hydroxyl groups excluding tert-OH is 3. The summed E-state index contributed by atoms with van der Waals surface area (Å²) < 4.78 is 0. The summed E-state index contributed by atoms with van der Waals surface area (Å²) in [5.74, 6) is -0.471. The fourth-order valence-electron chi connectivity index (χ4n) is 5.25. The Labute approximate surface area is 237 Å². The molecule has 0 aromatic carbocycles. The van der Waals surface area contributed by atoms with Crippen molar-refractivity contribution < 1.29 is 20.1 Å². The van der Waals surface area contributed by atoms with Gasteiger partial charge in [-0.15, -0.1) is 0 Å². The van der Waals surface area contributed by atoms with Gasteiger partial charge in [0.25, 0.3) is 0 Å². The van der Waals surface area contributed by atoms with Gasteiger partial charge in [0.2, 0.25) is 5.91 Å². The number of hydrogen-bond acceptors (Lipinski definition) is 4. The van der Waals surface area contributed by atoms with Gasteiger partial charge in [-0.25, -0.2) is 0 Å². The van der Waals surface area contributed by atoms with E-state index >= 15 is 0 Å². The number of hydrogen-bond donors (Lipinski definition) is 4. The van der Waals surface area contributed by atoms with Crippen molar-refractivity contribution >= 4 is 5.91 Å². The summed E-state index contributed by atoms with van der Waals surface area (Å²) in [4.78, 5) is 12.3. The zero-order valence-electron chi connectivity index (χ0n) is 25.6. The number of carbonyl (C=O) groups excluding carboxylic acids is 1. The van der Waals surface area contributed by atoms with Crippen LogP contribution in [0.3, 0.4) is 0 Å². The van der Waals surface area contributed by atoms with Crippen molar-refractivity contribution in [3.05, 3.63) is 0 Å². The minimum atomic E-state index is -1.06. The number of nitrogens with one attached hydrogen (secondary N) is 1. The van der Waals surface area contributed by atoms with E-state index in [9.17, 15) is 20.1 Å². The molecule has 0 heterocycles. The maximum Gasteiger partial charge on any atom is 0.249 e. The molecular formula is C33H67NO4. The predicted octanol–water partition coefficient (Wildman–Crippen LogP) is 8.37. The molecule has 4 N–H and O–H groups in total. The van der Waals surface area contributed by atoms with E-state index in [0.717, 1.165) is 32.1 Å². The highest BCUT2D eigenvalue weighted by atomic mass is 16.3. The van der Waals surface area contributed by atoms with Gasteiger partial charge in [0.05, 0.1) is 18.8 Å². The molecular weight excluding hydrogens is 474 g/mol. The van der Waals surface area contributed by atoms with Crippen LogP contribution < -0.4 is 5.32 Å². The number of carbonyl (C=O) groups is 1. The van der Waals surface area contributed by atoms with E-state index < -0.39 is 24.2 Å². The average molecular weight is 542 g/mol. The van der Waals surface area contributed by atoms with E-state index in [1.807, 2.05) is 0 Å². The second kappa shape index (κ2) is 29.3. The summed E-state index contributed by atoms with van der Waals surface area (Å²) in [7, 11) is 0. The molecule has 0 saturated heterocycles. The molecule has 228 valence electrons. The lowest BCUT2D eigenvalue weighted by Gasteiger charge is -2.23. The quantitative estimate of drug-likeness (QED) is 0.0688. The maximum atomic E-state index is 12.3. The standard InChI is InChI=1S/C33H67NO4/c1-3-5-7-9-11-13-15-17-19-21-23-25-27-31(36)30(29-35)34-33(38)32(37)28-26-24-22-20-18-16-14-12-10-8-6-4-2/h30-32,35-37H,3-29H2,1-2H3,(H,34,38). The topological polar surface area (TPSA) is 89.8 Å². The molecule has 0 aliphatic rings. The fraction of sp³-hybridized carbons (Fsp3) is 0.970. The van der Waals surface area contributed by atoms with Crippen LogP contribution in [0.25, 0.3) is 0 Å². The highest BCUT2D eigenvalue weighted by Gasteiger charge is 2.23. The second-order valence-electron chi connectivity index (χ2n) is 11.7. The predicted molar refractivity (Wildman–Crippen MR) is 162 cm³/mol. The summed E-state index contributed by atoms with van der Waals surface area (Å²) in [6, 6.07) is -0.702. The Morgan fingerprint density at radius 2 is 0.842 bits per heavy atom. The van der Waals surface area contributed by atoms with Gasteiger partial charge in [0, 0.05) is 0 Å². The Bertz CT molecular complexity index is 488. The largest absolute Gasteiger partial charge is 0.394 e. The van der Waals surface area contributed by atoms with E-state index in [0.29, 0.717) is 12.8 Å². The smallest absolute Gasteiger partial charge is 0.249 e. The summed E-state index contributed by atoms with van der Waals surface area (Å²) in [5.41, 5.74) is 0. The van der Waals surface area contributed by atoms with Gasteiger partial charge >= 0.3 is 0 Å². The lowest BCUT2D eigenvalue weighted by molar-refractivity contribution is -0.131. The molecule has 5 nitrogen and oxygen atoms in total. The molecule has 38 heavy (non-hydrogen) atoms. The van der Waals surface area contributed by atoms with Gasteiger partial charge < -0.3 is 20.6 Å². The van der Waals surface area contributed by atoms with E-state index in [4.69, 9.17) is 0 Å². The number of rotatable bonds is 30. The van der Waals surface area contributed by atoms with E-state index in [2.05, 4.69) is 19.2 Å². The van der Waals surface area contributed by atoms with Crippen LogP contribution in [0.2, 0.25) is 0 Å². The lowest BCUT2D eigenvalue weighted by atomic mass is 10.0. The van der Waals surface area contributed by atoms with Gasteiger partial charge in [-0.2, -0.15) is 0 Å². The monoisotopic (exact) mass is 542 g/mol. The van der Waals surface area contributed by atoms with Crippen LogP contribution in [0.4, 0.5) is 0 Å². The Balaban J connectivity index is 3.70. The van der Waals surface area contributed by atoms with Crippen molar-refractivity contribution in [3.8, 4) is 0 Å². The van der Waals surface area contributed by atoms with Crippen molar-refractivity contribution in [2.24, 2.45) is 0 Å². The number of amides is 1. The minimum absolute atomic E-state index is 0.309. The molecule has 5 heteroatoms. The van der Waals surface area contributed by atoms with Crippen molar-refractivity contribution in [2.45, 2.75) is 199 Å². The zero-order valence-corrected chi connectivity index (χ0v) is 25.6. The van der Waals surface area contributed by atoms with Gasteiger partial charge in [-0.1, -0.05) is 168 Å². The number of aliphatic hydroxyl groups is 3. The third kappa shape index (κ3) is 24.4. The first kappa shape index (κ1) is 37.4. The normalized spacial score (nSPS) is 13.9. The Morgan fingerprint density at radius 1 is 0.526 bits per heavy atom. The van der Waals surface area contributed by atoms with Crippen molar-refractivity contribution in [1.82, 2.24) is 5.32 Å². The molecule has 0 spiro atoms. The summed E-state index contributed by atoms with van der Waals surface area (Å²) in [5, 5.41) is 33.0. The van der Waals surface area contributed by atoms with Gasteiger partial charge in [-0.05, 0) is 12.8 Å². The molecule has 0 radical (unpaired) electrons. The minimum Gasteiger partial charge on any atom is -0.394 e. The van der Waals surface area contributed by atoms with Crippen LogP contribution in [0.15, 0.2) is 0 Å². The van der Waals surface area contributed by atoms with Crippen LogP contribution in [-0.2, 0) is 4.79 Å². The van der Waals surface area contributed by atoms with Gasteiger partial charge in [0.1, 0.15) is 6.10 Å². The van der Waals surface area contributed by atoms with Crippen LogP contribution in [0, 0.1) is 0 Å². The molecule has 0 rings (SSSR count). The molecule has 0 fully saturated rings. The SMILES string of the molecule is CCCCCCCCCCCCCCC(O)C(=O)NC(CO)C(O)CCCCCCCCCCCCCC. The molecule has 0 aromatic rings. The Hall–Kier alpha value is -0.650. The molecule has 0 aliphatic heterocycles. The maximum absolute atomic E-state index is 12.3. The van der Waals surface area contributed by atoms with Crippen molar-refractivity contribution in [1.29, 1.82) is 0 Å². The highest BCUT2D eigenvalue weighted by Crippen LogP contribution is 2.15. The molecule has 0 saturated carbocycles. The van der Waals surface area contributed by atoms with Gasteiger partial charge in [-0.3, -0.25) is 4.79 Å². The molecule has 3 atom stereocenters. The third-order valence-electron chi connectivity index (χ3n) is 7.98. The van der Waals surface area contributed by atoms with Crippen LogP contribution in [-0.4, -0.2) is 46.1 Å². The Kier molecular flexibility index (Phi) is 28.8. The average Bonchev–Trinajstić information content (AvgIpc) is 2.92. The van der Waals surface area contributed by atoms with E-state index in [1.54, 1.807) is 0 Å². The van der Waals surface area contributed by atoms with Crippen LogP contribution in [0.1, 0.15) is 181 Å². The fourth-order valence-corrected chi connectivity index (χ4v) is 5.25. The van der Waals surface area contributed by atoms with E-state index in [-0.39, 0.29) is 6.61 Å². The molecule has 3 unspecified atom stereocenters. The molecule has 0 bridgehead atoms. The van der Waals surface area contributed by atoms with Crippen molar-refractivity contribution in [3.63, 3.8) is 0 Å². The summed E-state index contributed by atoms with van der Waals surface area (Å²) in [6.45, 7) is 4.20. The van der Waals surface area contributed by atoms with Crippen LogP contribution in [0.5, 0.6) is 0 Å². The molecule has 1 amide bonds. The van der Waals surface area contributed by atoms with Crippen LogP contribution >= 0.6 is 0 Å². The summed E-state index contributed by atoms with van der Waals surface area (Å²) >= 11 is 0. The first-order chi connectivity index (χ1) is 18.6. The second-order valence-corrected chi connectivity index (χ2v) is 11.7. The number of unbranched alkanes of at least 4 members (excludes halogenated alkanes) is 22. The van der Waals surface area contributed by atoms with E-state index in [1.165, 1.54) is 122 Å². The molecule has 0 aromatic heterocycles. The third-order valence-corrected chi connectivity index (χ3v) is 7.98. The molecule has 0 aliphatic carbocycles. The first-order valence-corrected chi connectivity index (χ1v) is 16.8. The highest BCUT2D eigenvalue weighted by molar-refractivity contribution is 5.80. The lowest BCUT2D eigenvalue weighted by Crippen LogP contribution is -2.49. The Morgan fingerprint density at radius 3 is 1.18 bits per heavy atom. The zero-order chi connectivity index (χ0) is 28.1. The summed E-state index contributed by atoms with van der Waals surface area (Å²) in [6.07, 6.45) is 29.3. The van der Waals surface area contributed by atoms with Gasteiger partial charge in [0.15, 0.2) is 0 Å². The van der Waals surface area contributed by atoms with Crippen molar-refractivity contribution in [2.75, 3.05) is 6.61 Å².